The van der Waals surface area contributed by atoms with Crippen molar-refractivity contribution in [3.63, 3.8) is 0 Å². The number of amides is 1. The summed E-state index contributed by atoms with van der Waals surface area (Å²) < 4.78 is 5.46. The van der Waals surface area contributed by atoms with Crippen molar-refractivity contribution < 1.29 is 9.53 Å². The van der Waals surface area contributed by atoms with Crippen LogP contribution in [0.5, 0.6) is 5.75 Å². The predicted molar refractivity (Wildman–Crippen MR) is 114 cm³/mol. The Kier molecular flexibility index (Phi) is 6.27. The molecule has 0 aliphatic rings. The summed E-state index contributed by atoms with van der Waals surface area (Å²) in [6.07, 6.45) is 1.65. The Balaban J connectivity index is 1.78. The highest BCUT2D eigenvalue weighted by Crippen LogP contribution is 2.22. The van der Waals surface area contributed by atoms with E-state index in [0.717, 1.165) is 22.7 Å². The fourth-order valence-corrected chi connectivity index (χ4v) is 2.98. The van der Waals surface area contributed by atoms with Gasteiger partial charge in [0, 0.05) is 29.7 Å². The molecule has 0 atom stereocenters. The van der Waals surface area contributed by atoms with Crippen LogP contribution in [0.2, 0.25) is 0 Å². The van der Waals surface area contributed by atoms with Crippen LogP contribution >= 0.6 is 0 Å². The number of hydrogen-bond donors (Lipinski definition) is 1. The third kappa shape index (κ3) is 4.68. The molecule has 0 aliphatic carbocycles. The molecular formula is C23H25N3O2. The molecule has 0 unspecified atom stereocenters. The van der Waals surface area contributed by atoms with Gasteiger partial charge in [-0.25, -0.2) is 4.98 Å². The highest BCUT2D eigenvalue weighted by molar-refractivity contribution is 6.06. The van der Waals surface area contributed by atoms with Crippen molar-refractivity contribution in [3.8, 4) is 5.75 Å². The van der Waals surface area contributed by atoms with Gasteiger partial charge in [-0.2, -0.15) is 0 Å². The number of nitrogens with one attached hydrogen (secondary N) is 1. The molecule has 2 aromatic carbocycles. The molecule has 0 radical (unpaired) electrons. The van der Waals surface area contributed by atoms with Gasteiger partial charge in [0.25, 0.3) is 5.91 Å². The Morgan fingerprint density at radius 2 is 1.86 bits per heavy atom. The first kappa shape index (κ1) is 19.4. The van der Waals surface area contributed by atoms with Crippen molar-refractivity contribution in [2.24, 2.45) is 0 Å². The Morgan fingerprint density at radius 1 is 1.07 bits per heavy atom. The Labute approximate surface area is 166 Å². The number of nitrogens with zero attached hydrogens (tertiary/aromatic N) is 2. The maximum absolute atomic E-state index is 13.1. The number of aromatic nitrogens is 1. The second-order valence-corrected chi connectivity index (χ2v) is 6.40. The van der Waals surface area contributed by atoms with Crippen LogP contribution in [-0.4, -0.2) is 24.0 Å². The standard InChI is InChI=1S/C23H25N3O2/c1-4-26(20-8-6-7-17(3)15-20)23(27)18-13-14-24-22(16-18)25-19-9-11-21(12-10-19)28-5-2/h6-16H,4-5H2,1-3H3,(H,24,25). The molecule has 3 aromatic rings. The van der Waals surface area contributed by atoms with Crippen molar-refractivity contribution in [1.29, 1.82) is 0 Å². The molecule has 0 saturated carbocycles. The van der Waals surface area contributed by atoms with E-state index in [9.17, 15) is 4.79 Å². The smallest absolute Gasteiger partial charge is 0.258 e. The fraction of sp³-hybridized carbons (Fsp3) is 0.217. The van der Waals surface area contributed by atoms with E-state index in [0.29, 0.717) is 24.5 Å². The number of rotatable bonds is 7. The SMILES string of the molecule is CCOc1ccc(Nc2cc(C(=O)N(CC)c3cccc(C)c3)ccn2)cc1. The second kappa shape index (κ2) is 9.04. The van der Waals surface area contributed by atoms with Gasteiger partial charge in [0.2, 0.25) is 0 Å². The van der Waals surface area contributed by atoms with Crippen molar-refractivity contribution in [3.05, 3.63) is 78.0 Å². The number of carbonyl (C=O) groups is 1. The zero-order chi connectivity index (χ0) is 19.9. The van der Waals surface area contributed by atoms with Gasteiger partial charge in [-0.05, 0) is 74.9 Å². The van der Waals surface area contributed by atoms with E-state index in [-0.39, 0.29) is 5.91 Å². The summed E-state index contributed by atoms with van der Waals surface area (Å²) in [5.74, 6) is 1.39. The van der Waals surface area contributed by atoms with Gasteiger partial charge in [-0.3, -0.25) is 4.79 Å². The van der Waals surface area contributed by atoms with Crippen LogP contribution < -0.4 is 15.0 Å². The molecule has 5 heteroatoms. The normalized spacial score (nSPS) is 10.4. The zero-order valence-corrected chi connectivity index (χ0v) is 16.5. The van der Waals surface area contributed by atoms with Gasteiger partial charge >= 0.3 is 0 Å². The molecule has 28 heavy (non-hydrogen) atoms. The quantitative estimate of drug-likeness (QED) is 0.617. The minimum atomic E-state index is -0.0507. The van der Waals surface area contributed by atoms with Crippen LogP contribution in [0, 0.1) is 6.92 Å². The Bertz CT molecular complexity index is 939. The van der Waals surface area contributed by atoms with Gasteiger partial charge < -0.3 is 15.0 Å². The summed E-state index contributed by atoms with van der Waals surface area (Å²) in [5.41, 5.74) is 3.49. The molecule has 0 bridgehead atoms. The second-order valence-electron chi connectivity index (χ2n) is 6.40. The van der Waals surface area contributed by atoms with Gasteiger partial charge in [-0.1, -0.05) is 12.1 Å². The highest BCUT2D eigenvalue weighted by atomic mass is 16.5. The number of ether oxygens (including phenoxy) is 1. The van der Waals surface area contributed by atoms with Gasteiger partial charge in [0.15, 0.2) is 0 Å². The van der Waals surface area contributed by atoms with E-state index in [4.69, 9.17) is 4.74 Å². The van der Waals surface area contributed by atoms with E-state index >= 15 is 0 Å². The summed E-state index contributed by atoms with van der Waals surface area (Å²) >= 11 is 0. The van der Waals surface area contributed by atoms with E-state index in [2.05, 4.69) is 10.3 Å². The van der Waals surface area contributed by atoms with Gasteiger partial charge in [-0.15, -0.1) is 0 Å². The van der Waals surface area contributed by atoms with Crippen molar-refractivity contribution >= 4 is 23.1 Å². The first-order valence-corrected chi connectivity index (χ1v) is 9.45. The van der Waals surface area contributed by atoms with E-state index < -0.39 is 0 Å². The van der Waals surface area contributed by atoms with Gasteiger partial charge in [0.1, 0.15) is 11.6 Å². The topological polar surface area (TPSA) is 54.5 Å². The average Bonchev–Trinajstić information content (AvgIpc) is 2.70. The van der Waals surface area contributed by atoms with Crippen molar-refractivity contribution in [1.82, 2.24) is 4.98 Å². The predicted octanol–water partition coefficient (Wildman–Crippen LogP) is 5.20. The Hall–Kier alpha value is -3.34. The third-order valence-corrected chi connectivity index (χ3v) is 4.32. The summed E-state index contributed by atoms with van der Waals surface area (Å²) in [7, 11) is 0. The molecule has 0 spiro atoms. The van der Waals surface area contributed by atoms with Crippen molar-refractivity contribution in [2.45, 2.75) is 20.8 Å². The maximum Gasteiger partial charge on any atom is 0.258 e. The lowest BCUT2D eigenvalue weighted by molar-refractivity contribution is 0.0988. The van der Waals surface area contributed by atoms with E-state index in [1.165, 1.54) is 0 Å². The largest absolute Gasteiger partial charge is 0.494 e. The van der Waals surface area contributed by atoms with Crippen LogP contribution in [0.1, 0.15) is 29.8 Å². The van der Waals surface area contributed by atoms with Crippen LogP contribution in [0.3, 0.4) is 0 Å². The molecule has 5 nitrogen and oxygen atoms in total. The molecule has 1 amide bonds. The minimum absolute atomic E-state index is 0.0507. The van der Waals surface area contributed by atoms with Crippen LogP contribution in [0.25, 0.3) is 0 Å². The molecule has 1 aromatic heterocycles. The lowest BCUT2D eigenvalue weighted by Crippen LogP contribution is -2.30. The van der Waals surface area contributed by atoms with Crippen LogP contribution in [0.15, 0.2) is 66.9 Å². The zero-order valence-electron chi connectivity index (χ0n) is 16.5. The first-order chi connectivity index (χ1) is 13.6. The minimum Gasteiger partial charge on any atom is -0.494 e. The first-order valence-electron chi connectivity index (χ1n) is 9.45. The number of hydrogen-bond acceptors (Lipinski definition) is 4. The number of benzene rings is 2. The lowest BCUT2D eigenvalue weighted by Gasteiger charge is -2.21. The Morgan fingerprint density at radius 3 is 2.54 bits per heavy atom. The van der Waals surface area contributed by atoms with Gasteiger partial charge in [0.05, 0.1) is 6.61 Å². The summed E-state index contributed by atoms with van der Waals surface area (Å²) in [5, 5.41) is 3.24. The molecule has 3 rings (SSSR count). The summed E-state index contributed by atoms with van der Waals surface area (Å²) in [4.78, 5) is 19.2. The fourth-order valence-electron chi connectivity index (χ4n) is 2.98. The monoisotopic (exact) mass is 375 g/mol. The third-order valence-electron chi connectivity index (χ3n) is 4.32. The van der Waals surface area contributed by atoms with E-state index in [1.54, 1.807) is 23.2 Å². The molecule has 0 saturated heterocycles. The number of aryl methyl sites for hydroxylation is 1. The van der Waals surface area contributed by atoms with Crippen LogP contribution in [0.4, 0.5) is 17.2 Å². The molecule has 0 aliphatic heterocycles. The molecular weight excluding hydrogens is 350 g/mol. The highest BCUT2D eigenvalue weighted by Gasteiger charge is 2.17. The maximum atomic E-state index is 13.1. The number of anilines is 3. The lowest BCUT2D eigenvalue weighted by atomic mass is 10.1. The molecule has 144 valence electrons. The number of carbonyl (C=O) groups excluding carboxylic acids is 1. The van der Waals surface area contributed by atoms with Crippen LogP contribution in [-0.2, 0) is 0 Å². The average molecular weight is 375 g/mol. The van der Waals surface area contributed by atoms with E-state index in [1.807, 2.05) is 69.3 Å². The summed E-state index contributed by atoms with van der Waals surface area (Å²) in [6, 6.07) is 19.1. The summed E-state index contributed by atoms with van der Waals surface area (Å²) in [6.45, 7) is 7.17. The molecule has 1 N–H and O–H groups in total. The molecule has 0 fully saturated rings. The molecule has 1 heterocycles. The van der Waals surface area contributed by atoms with Crippen molar-refractivity contribution in [2.75, 3.05) is 23.4 Å². The number of pyridine rings is 1.